The quantitative estimate of drug-likeness (QED) is 0.575. The molecule has 1 saturated heterocycles. The number of nitrogens with one attached hydrogen (secondary N) is 1. The second kappa shape index (κ2) is 11.0. The molecule has 1 aromatic carbocycles. The molecule has 3 rings (SSSR count). The molecule has 1 aliphatic rings. The van der Waals surface area contributed by atoms with Crippen molar-refractivity contribution in [1.82, 2.24) is 20.1 Å². The number of piperazine rings is 1. The predicted octanol–water partition coefficient (Wildman–Crippen LogP) is 3.29. The molecule has 150 valence electrons. The molecule has 1 fully saturated rings. The van der Waals surface area contributed by atoms with Crippen molar-refractivity contribution in [2.24, 2.45) is 4.99 Å². The summed E-state index contributed by atoms with van der Waals surface area (Å²) in [5.41, 5.74) is 2.41. The van der Waals surface area contributed by atoms with Gasteiger partial charge in [0, 0.05) is 57.6 Å². The van der Waals surface area contributed by atoms with E-state index >= 15 is 0 Å². The van der Waals surface area contributed by atoms with E-state index in [1.165, 1.54) is 5.56 Å². The second-order valence-corrected chi connectivity index (χ2v) is 8.01. The molecule has 0 atom stereocenters. The number of aryl methyl sites for hydroxylation is 1. The number of hydrogen-bond donors (Lipinski definition) is 1. The van der Waals surface area contributed by atoms with Crippen molar-refractivity contribution in [2.75, 3.05) is 45.8 Å². The highest BCUT2D eigenvalue weighted by atomic mass is 32.1. The zero-order valence-electron chi connectivity index (χ0n) is 17.0. The third kappa shape index (κ3) is 6.46. The number of thiazole rings is 1. The van der Waals surface area contributed by atoms with Crippen molar-refractivity contribution in [3.05, 3.63) is 58.1 Å². The van der Waals surface area contributed by atoms with E-state index in [1.807, 2.05) is 0 Å². The lowest BCUT2D eigenvalue weighted by molar-refractivity contribution is 0.194. The van der Waals surface area contributed by atoms with Gasteiger partial charge in [-0.15, -0.1) is 11.3 Å². The van der Waals surface area contributed by atoms with Crippen molar-refractivity contribution in [3.8, 4) is 0 Å². The van der Waals surface area contributed by atoms with E-state index in [0.717, 1.165) is 68.9 Å². The third-order valence-electron chi connectivity index (χ3n) is 4.78. The molecule has 2 heterocycles. The van der Waals surface area contributed by atoms with Gasteiger partial charge in [0.1, 0.15) is 0 Å². The molecule has 0 radical (unpaired) electrons. The van der Waals surface area contributed by atoms with Crippen molar-refractivity contribution >= 4 is 23.4 Å². The van der Waals surface area contributed by atoms with Crippen LogP contribution in [0.2, 0.25) is 0 Å². The van der Waals surface area contributed by atoms with Crippen LogP contribution in [0.4, 0.5) is 0 Å². The summed E-state index contributed by atoms with van der Waals surface area (Å²) in [4.78, 5) is 14.2. The van der Waals surface area contributed by atoms with E-state index in [9.17, 15) is 0 Å². The number of hydrogen-bond acceptors (Lipinski definition) is 4. The lowest BCUT2D eigenvalue weighted by Crippen LogP contribution is -2.52. The molecule has 5 nitrogen and oxygen atoms in total. The maximum Gasteiger partial charge on any atom is 0.194 e. The normalized spacial score (nSPS) is 16.1. The Labute approximate surface area is 172 Å². The maximum absolute atomic E-state index is 4.83. The highest BCUT2D eigenvalue weighted by Gasteiger charge is 2.18. The van der Waals surface area contributed by atoms with Crippen LogP contribution in [0.15, 0.2) is 46.8 Å². The number of aromatic nitrogens is 1. The van der Waals surface area contributed by atoms with Gasteiger partial charge in [0.05, 0.1) is 10.7 Å². The standard InChI is InChI=1S/C22H31N5S/c1-3-23-22(24-12-11-21-18-28-19(2)25-21)27-16-14-26(15-17-27)13-7-10-20-8-5-4-6-9-20/h4-10,18H,3,11-17H2,1-2H3,(H,23,24)/b10-7+. The summed E-state index contributed by atoms with van der Waals surface area (Å²) < 4.78 is 0. The van der Waals surface area contributed by atoms with Crippen molar-refractivity contribution in [3.63, 3.8) is 0 Å². The summed E-state index contributed by atoms with van der Waals surface area (Å²) in [6.07, 6.45) is 5.38. The average molecular weight is 398 g/mol. The average Bonchev–Trinajstić information content (AvgIpc) is 3.14. The van der Waals surface area contributed by atoms with Crippen LogP contribution in [0, 0.1) is 6.92 Å². The Bertz CT molecular complexity index is 760. The molecule has 1 aromatic heterocycles. The maximum atomic E-state index is 4.83. The SMILES string of the molecule is CCNC(=NCCc1csc(C)n1)N1CCN(C/C=C/c2ccccc2)CC1. The largest absolute Gasteiger partial charge is 0.357 e. The molecule has 0 saturated carbocycles. The molecular weight excluding hydrogens is 366 g/mol. The number of guanidine groups is 1. The van der Waals surface area contributed by atoms with Crippen LogP contribution >= 0.6 is 11.3 Å². The Morgan fingerprint density at radius 3 is 2.68 bits per heavy atom. The van der Waals surface area contributed by atoms with E-state index in [-0.39, 0.29) is 0 Å². The van der Waals surface area contributed by atoms with Crippen LogP contribution < -0.4 is 5.32 Å². The summed E-state index contributed by atoms with van der Waals surface area (Å²) in [5, 5.41) is 6.72. The summed E-state index contributed by atoms with van der Waals surface area (Å²) in [6.45, 7) is 11.0. The van der Waals surface area contributed by atoms with Gasteiger partial charge in [-0.05, 0) is 19.4 Å². The minimum atomic E-state index is 0.783. The molecule has 1 aliphatic heterocycles. The van der Waals surface area contributed by atoms with Gasteiger partial charge >= 0.3 is 0 Å². The molecule has 28 heavy (non-hydrogen) atoms. The highest BCUT2D eigenvalue weighted by molar-refractivity contribution is 7.09. The first-order chi connectivity index (χ1) is 13.7. The Morgan fingerprint density at radius 2 is 2.00 bits per heavy atom. The summed E-state index contributed by atoms with van der Waals surface area (Å²) in [6, 6.07) is 10.5. The first-order valence-corrected chi connectivity index (χ1v) is 11.0. The van der Waals surface area contributed by atoms with Gasteiger partial charge in [-0.3, -0.25) is 9.89 Å². The number of rotatable bonds is 7. The smallest absolute Gasteiger partial charge is 0.194 e. The summed E-state index contributed by atoms with van der Waals surface area (Å²) in [7, 11) is 0. The van der Waals surface area contributed by atoms with Gasteiger partial charge in [-0.25, -0.2) is 4.98 Å². The Hall–Kier alpha value is -2.18. The van der Waals surface area contributed by atoms with Crippen LogP contribution in [0.3, 0.4) is 0 Å². The number of aliphatic imine (C=N–C) groups is 1. The zero-order valence-corrected chi connectivity index (χ0v) is 17.8. The van der Waals surface area contributed by atoms with Gasteiger partial charge in [-0.2, -0.15) is 0 Å². The molecule has 0 unspecified atom stereocenters. The van der Waals surface area contributed by atoms with E-state index in [1.54, 1.807) is 11.3 Å². The minimum absolute atomic E-state index is 0.783. The summed E-state index contributed by atoms with van der Waals surface area (Å²) in [5.74, 6) is 1.04. The lowest BCUT2D eigenvalue weighted by atomic mass is 10.2. The van der Waals surface area contributed by atoms with Crippen LogP contribution in [0.1, 0.15) is 23.2 Å². The van der Waals surface area contributed by atoms with E-state index in [0.29, 0.717) is 0 Å². The van der Waals surface area contributed by atoms with Crippen LogP contribution in [-0.4, -0.2) is 66.6 Å². The molecule has 1 N–H and O–H groups in total. The fourth-order valence-corrected chi connectivity index (χ4v) is 3.92. The molecule has 6 heteroatoms. The molecular formula is C22H31N5S. The van der Waals surface area contributed by atoms with Crippen molar-refractivity contribution in [2.45, 2.75) is 20.3 Å². The zero-order chi connectivity index (χ0) is 19.6. The molecule has 2 aromatic rings. The van der Waals surface area contributed by atoms with Gasteiger partial charge in [0.2, 0.25) is 0 Å². The number of benzene rings is 1. The fraction of sp³-hybridized carbons (Fsp3) is 0.455. The molecule has 0 spiro atoms. The van der Waals surface area contributed by atoms with E-state index in [2.05, 4.69) is 81.8 Å². The van der Waals surface area contributed by atoms with Crippen molar-refractivity contribution < 1.29 is 0 Å². The monoisotopic (exact) mass is 397 g/mol. The Balaban J connectivity index is 1.45. The van der Waals surface area contributed by atoms with Gasteiger partial charge in [-0.1, -0.05) is 42.5 Å². The predicted molar refractivity (Wildman–Crippen MR) is 120 cm³/mol. The van der Waals surface area contributed by atoms with E-state index in [4.69, 9.17) is 4.99 Å². The van der Waals surface area contributed by atoms with Gasteiger partial charge < -0.3 is 10.2 Å². The van der Waals surface area contributed by atoms with E-state index < -0.39 is 0 Å². The van der Waals surface area contributed by atoms with Gasteiger partial charge in [0.25, 0.3) is 0 Å². The first-order valence-electron chi connectivity index (χ1n) is 10.1. The Morgan fingerprint density at radius 1 is 1.21 bits per heavy atom. The second-order valence-electron chi connectivity index (χ2n) is 6.94. The van der Waals surface area contributed by atoms with Crippen LogP contribution in [0.5, 0.6) is 0 Å². The fourth-order valence-electron chi connectivity index (χ4n) is 3.27. The van der Waals surface area contributed by atoms with Gasteiger partial charge in [0.15, 0.2) is 5.96 Å². The first kappa shape index (κ1) is 20.6. The Kier molecular flexibility index (Phi) is 8.06. The topological polar surface area (TPSA) is 43.8 Å². The van der Waals surface area contributed by atoms with Crippen LogP contribution in [-0.2, 0) is 6.42 Å². The number of nitrogens with zero attached hydrogens (tertiary/aromatic N) is 4. The van der Waals surface area contributed by atoms with Crippen LogP contribution in [0.25, 0.3) is 6.08 Å². The lowest BCUT2D eigenvalue weighted by Gasteiger charge is -2.36. The minimum Gasteiger partial charge on any atom is -0.357 e. The third-order valence-corrected chi connectivity index (χ3v) is 5.60. The molecule has 0 bridgehead atoms. The molecule has 0 aliphatic carbocycles. The van der Waals surface area contributed by atoms with Crippen molar-refractivity contribution in [1.29, 1.82) is 0 Å². The molecule has 0 amide bonds. The highest BCUT2D eigenvalue weighted by Crippen LogP contribution is 2.09. The summed E-state index contributed by atoms with van der Waals surface area (Å²) >= 11 is 1.71.